The fourth-order valence-electron chi connectivity index (χ4n) is 1.37. The topological polar surface area (TPSA) is 44.1 Å². The SMILES string of the molecule is Cc1c(OC(=O)C(C)C)nc(Br)n1C(C)C. The molecule has 16 heavy (non-hydrogen) atoms. The molecule has 0 aliphatic heterocycles. The highest BCUT2D eigenvalue weighted by Crippen LogP contribution is 2.26. The predicted octanol–water partition coefficient (Wildman–Crippen LogP) is 3.10. The van der Waals surface area contributed by atoms with Crippen LogP contribution in [0.15, 0.2) is 4.73 Å². The third-order valence-corrected chi connectivity index (χ3v) is 2.81. The second-order valence-corrected chi connectivity index (χ2v) is 5.02. The monoisotopic (exact) mass is 288 g/mol. The molecule has 0 aromatic carbocycles. The number of carbonyl (C=O) groups is 1. The van der Waals surface area contributed by atoms with Crippen LogP contribution in [0, 0.1) is 12.8 Å². The molecular weight excluding hydrogens is 272 g/mol. The summed E-state index contributed by atoms with van der Waals surface area (Å²) in [7, 11) is 0. The lowest BCUT2D eigenvalue weighted by Crippen LogP contribution is -2.15. The lowest BCUT2D eigenvalue weighted by atomic mass is 10.2. The zero-order valence-electron chi connectivity index (χ0n) is 10.2. The maximum absolute atomic E-state index is 11.5. The summed E-state index contributed by atoms with van der Waals surface area (Å²) in [6, 6.07) is 0.272. The molecule has 1 aromatic heterocycles. The number of rotatable bonds is 3. The van der Waals surface area contributed by atoms with E-state index in [0.717, 1.165) is 5.69 Å². The van der Waals surface area contributed by atoms with Gasteiger partial charge in [0.1, 0.15) is 0 Å². The Morgan fingerprint density at radius 2 is 1.94 bits per heavy atom. The van der Waals surface area contributed by atoms with Crippen LogP contribution in [-0.2, 0) is 4.79 Å². The van der Waals surface area contributed by atoms with Crippen molar-refractivity contribution in [2.45, 2.75) is 40.7 Å². The zero-order valence-corrected chi connectivity index (χ0v) is 11.8. The summed E-state index contributed by atoms with van der Waals surface area (Å²) in [5.41, 5.74) is 0.857. The lowest BCUT2D eigenvalue weighted by Gasteiger charge is -2.10. The van der Waals surface area contributed by atoms with Crippen LogP contribution in [0.2, 0.25) is 0 Å². The van der Waals surface area contributed by atoms with Crippen molar-refractivity contribution >= 4 is 21.9 Å². The van der Waals surface area contributed by atoms with Crippen LogP contribution in [0.25, 0.3) is 0 Å². The van der Waals surface area contributed by atoms with Gasteiger partial charge in [0.15, 0.2) is 4.73 Å². The molecule has 0 unspecified atom stereocenters. The Hall–Kier alpha value is -0.840. The van der Waals surface area contributed by atoms with E-state index in [2.05, 4.69) is 20.9 Å². The van der Waals surface area contributed by atoms with E-state index < -0.39 is 0 Å². The minimum absolute atomic E-state index is 0.151. The smallest absolute Gasteiger partial charge is 0.315 e. The van der Waals surface area contributed by atoms with Gasteiger partial charge >= 0.3 is 5.97 Å². The fraction of sp³-hybridized carbons (Fsp3) is 0.636. The highest BCUT2D eigenvalue weighted by atomic mass is 79.9. The zero-order chi connectivity index (χ0) is 12.5. The second kappa shape index (κ2) is 4.99. The minimum Gasteiger partial charge on any atom is -0.405 e. The van der Waals surface area contributed by atoms with Gasteiger partial charge in [-0.3, -0.25) is 4.79 Å². The Kier molecular flexibility index (Phi) is 4.13. The van der Waals surface area contributed by atoms with Crippen LogP contribution in [-0.4, -0.2) is 15.5 Å². The molecule has 0 aliphatic carbocycles. The molecule has 0 saturated heterocycles. The van der Waals surface area contributed by atoms with Crippen LogP contribution < -0.4 is 4.74 Å². The van der Waals surface area contributed by atoms with E-state index >= 15 is 0 Å². The summed E-state index contributed by atoms with van der Waals surface area (Å²) in [6.07, 6.45) is 0. The summed E-state index contributed by atoms with van der Waals surface area (Å²) >= 11 is 3.36. The molecule has 0 aliphatic rings. The highest BCUT2D eigenvalue weighted by molar-refractivity contribution is 9.10. The molecule has 0 N–H and O–H groups in total. The molecule has 1 aromatic rings. The van der Waals surface area contributed by atoms with Gasteiger partial charge in [-0.15, -0.1) is 0 Å². The van der Waals surface area contributed by atoms with E-state index in [4.69, 9.17) is 4.74 Å². The van der Waals surface area contributed by atoms with E-state index in [-0.39, 0.29) is 17.9 Å². The van der Waals surface area contributed by atoms with E-state index in [0.29, 0.717) is 10.6 Å². The number of aromatic nitrogens is 2. The minimum atomic E-state index is -0.260. The van der Waals surface area contributed by atoms with Crippen molar-refractivity contribution in [3.05, 3.63) is 10.4 Å². The van der Waals surface area contributed by atoms with Crippen molar-refractivity contribution in [1.82, 2.24) is 9.55 Å². The van der Waals surface area contributed by atoms with Gasteiger partial charge in [0.25, 0.3) is 0 Å². The summed E-state index contributed by atoms with van der Waals surface area (Å²) in [4.78, 5) is 15.7. The number of hydrogen-bond donors (Lipinski definition) is 0. The van der Waals surface area contributed by atoms with Crippen LogP contribution >= 0.6 is 15.9 Å². The van der Waals surface area contributed by atoms with Gasteiger partial charge in [0.05, 0.1) is 11.6 Å². The number of halogens is 1. The Bertz CT molecular complexity index is 397. The van der Waals surface area contributed by atoms with Gasteiger partial charge in [-0.2, -0.15) is 4.98 Å². The molecule has 0 saturated carbocycles. The first-order valence-electron chi connectivity index (χ1n) is 5.30. The average molecular weight is 289 g/mol. The summed E-state index contributed by atoms with van der Waals surface area (Å²) < 4.78 is 7.88. The first-order chi connectivity index (χ1) is 7.34. The molecule has 0 radical (unpaired) electrons. The number of nitrogens with zero attached hydrogens (tertiary/aromatic N) is 2. The Labute approximate surface area is 104 Å². The molecule has 4 nitrogen and oxygen atoms in total. The first-order valence-corrected chi connectivity index (χ1v) is 6.10. The molecule has 1 heterocycles. The molecular formula is C11H17BrN2O2. The maximum Gasteiger partial charge on any atom is 0.315 e. The van der Waals surface area contributed by atoms with Crippen LogP contribution in [0.5, 0.6) is 5.88 Å². The van der Waals surface area contributed by atoms with Crippen LogP contribution in [0.3, 0.4) is 0 Å². The summed E-state index contributed by atoms with van der Waals surface area (Å²) in [5, 5.41) is 0. The molecule has 0 fully saturated rings. The Morgan fingerprint density at radius 3 is 2.31 bits per heavy atom. The van der Waals surface area contributed by atoms with Gasteiger partial charge in [0, 0.05) is 6.04 Å². The van der Waals surface area contributed by atoms with Crippen molar-refractivity contribution in [2.75, 3.05) is 0 Å². The largest absolute Gasteiger partial charge is 0.405 e. The lowest BCUT2D eigenvalue weighted by molar-refractivity contribution is -0.138. The van der Waals surface area contributed by atoms with Gasteiger partial charge in [-0.1, -0.05) is 13.8 Å². The predicted molar refractivity (Wildman–Crippen MR) is 65.5 cm³/mol. The molecule has 0 amide bonds. The first kappa shape index (κ1) is 13.2. The van der Waals surface area contributed by atoms with Crippen LogP contribution in [0.1, 0.15) is 39.4 Å². The quantitative estimate of drug-likeness (QED) is 0.803. The van der Waals surface area contributed by atoms with E-state index in [1.807, 2.05) is 25.3 Å². The number of hydrogen-bond acceptors (Lipinski definition) is 3. The molecule has 5 heteroatoms. The second-order valence-electron chi connectivity index (χ2n) is 4.31. The number of imidazole rings is 1. The third kappa shape index (κ3) is 2.64. The summed E-state index contributed by atoms with van der Waals surface area (Å²) in [5.74, 6) is -0.0225. The molecule has 0 atom stereocenters. The van der Waals surface area contributed by atoms with E-state index in [1.165, 1.54) is 0 Å². The number of esters is 1. The highest BCUT2D eigenvalue weighted by Gasteiger charge is 2.19. The van der Waals surface area contributed by atoms with Gasteiger partial charge < -0.3 is 9.30 Å². The van der Waals surface area contributed by atoms with Crippen molar-refractivity contribution < 1.29 is 9.53 Å². The van der Waals surface area contributed by atoms with Gasteiger partial charge in [0.2, 0.25) is 5.88 Å². The van der Waals surface area contributed by atoms with Crippen molar-refractivity contribution in [2.24, 2.45) is 5.92 Å². The van der Waals surface area contributed by atoms with E-state index in [9.17, 15) is 4.79 Å². The number of ether oxygens (including phenoxy) is 1. The number of carbonyl (C=O) groups excluding carboxylic acids is 1. The molecule has 0 spiro atoms. The Balaban J connectivity index is 2.99. The van der Waals surface area contributed by atoms with Gasteiger partial charge in [-0.05, 0) is 36.7 Å². The van der Waals surface area contributed by atoms with E-state index in [1.54, 1.807) is 13.8 Å². The standard InChI is InChI=1S/C11H17BrN2O2/c1-6(2)10(15)16-9-8(5)14(7(3)4)11(12)13-9/h6-7H,1-5H3. The van der Waals surface area contributed by atoms with Crippen molar-refractivity contribution in [1.29, 1.82) is 0 Å². The molecule has 90 valence electrons. The molecule has 1 rings (SSSR count). The normalized spacial score (nSPS) is 11.2. The third-order valence-electron chi connectivity index (χ3n) is 2.25. The fourth-order valence-corrected chi connectivity index (χ4v) is 2.21. The van der Waals surface area contributed by atoms with Crippen molar-refractivity contribution in [3.63, 3.8) is 0 Å². The maximum atomic E-state index is 11.5. The molecule has 0 bridgehead atoms. The average Bonchev–Trinajstić information content (AvgIpc) is 2.41. The van der Waals surface area contributed by atoms with Crippen molar-refractivity contribution in [3.8, 4) is 5.88 Å². The van der Waals surface area contributed by atoms with Crippen LogP contribution in [0.4, 0.5) is 0 Å². The Morgan fingerprint density at radius 1 is 1.38 bits per heavy atom. The summed E-state index contributed by atoms with van der Waals surface area (Å²) in [6.45, 7) is 9.58. The van der Waals surface area contributed by atoms with Gasteiger partial charge in [-0.25, -0.2) is 0 Å².